The number of ether oxygens (including phenoxy) is 1. The molecule has 0 spiro atoms. The zero-order chi connectivity index (χ0) is 10.7. The Hall–Kier alpha value is -0.860. The highest BCUT2D eigenvalue weighted by Gasteiger charge is 2.25. The highest BCUT2D eigenvalue weighted by atomic mass is 16.5. The summed E-state index contributed by atoms with van der Waals surface area (Å²) in [5.74, 6) is 0.487. The van der Waals surface area contributed by atoms with Gasteiger partial charge in [-0.1, -0.05) is 29.8 Å². The van der Waals surface area contributed by atoms with Crippen LogP contribution in [0.3, 0.4) is 0 Å². The fraction of sp³-hybridized carbons (Fsp3) is 0.538. The van der Waals surface area contributed by atoms with Gasteiger partial charge in [0.05, 0.1) is 6.10 Å². The molecule has 82 valence electrons. The van der Waals surface area contributed by atoms with Gasteiger partial charge in [0.15, 0.2) is 0 Å². The highest BCUT2D eigenvalue weighted by Crippen LogP contribution is 2.32. The summed E-state index contributed by atoms with van der Waals surface area (Å²) in [5, 5.41) is 0. The first-order valence-electron chi connectivity index (χ1n) is 5.69. The summed E-state index contributed by atoms with van der Waals surface area (Å²) in [7, 11) is 0. The molecule has 2 N–H and O–H groups in total. The topological polar surface area (TPSA) is 35.2 Å². The van der Waals surface area contributed by atoms with Crippen LogP contribution in [0.5, 0.6) is 0 Å². The molecular formula is C13H19NO. The predicted molar refractivity (Wildman–Crippen MR) is 61.7 cm³/mol. The quantitative estimate of drug-likeness (QED) is 0.804. The van der Waals surface area contributed by atoms with Crippen LogP contribution in [0.4, 0.5) is 0 Å². The van der Waals surface area contributed by atoms with Gasteiger partial charge in [-0.25, -0.2) is 0 Å². The lowest BCUT2D eigenvalue weighted by atomic mass is 9.89. The third-order valence-corrected chi connectivity index (χ3v) is 3.15. The zero-order valence-electron chi connectivity index (χ0n) is 9.28. The first-order valence-corrected chi connectivity index (χ1v) is 5.69. The molecule has 1 aliphatic heterocycles. The van der Waals surface area contributed by atoms with Crippen molar-refractivity contribution in [3.05, 3.63) is 35.4 Å². The molecule has 0 aliphatic carbocycles. The summed E-state index contributed by atoms with van der Waals surface area (Å²) in [6.45, 7) is 3.69. The second kappa shape index (κ2) is 4.77. The van der Waals surface area contributed by atoms with Gasteiger partial charge >= 0.3 is 0 Å². The Bertz CT molecular complexity index is 307. The van der Waals surface area contributed by atoms with Crippen molar-refractivity contribution in [2.45, 2.75) is 25.9 Å². The van der Waals surface area contributed by atoms with Crippen molar-refractivity contribution in [1.29, 1.82) is 0 Å². The molecule has 15 heavy (non-hydrogen) atoms. The lowest BCUT2D eigenvalue weighted by Gasteiger charge is -2.31. The number of rotatable bonds is 2. The van der Waals surface area contributed by atoms with Crippen molar-refractivity contribution < 1.29 is 4.74 Å². The Balaban J connectivity index is 2.16. The SMILES string of the molecule is Cc1ccc([C@@H]2OCCC[C@H]2CN)cc1. The van der Waals surface area contributed by atoms with Crippen molar-refractivity contribution in [3.8, 4) is 0 Å². The molecule has 1 fully saturated rings. The molecule has 1 heterocycles. The van der Waals surface area contributed by atoms with Crippen LogP contribution >= 0.6 is 0 Å². The predicted octanol–water partition coefficient (Wildman–Crippen LogP) is 2.42. The van der Waals surface area contributed by atoms with Crippen molar-refractivity contribution in [3.63, 3.8) is 0 Å². The van der Waals surface area contributed by atoms with Crippen LogP contribution in [0.15, 0.2) is 24.3 Å². The Morgan fingerprint density at radius 2 is 2.07 bits per heavy atom. The number of nitrogens with two attached hydrogens (primary N) is 1. The average molecular weight is 205 g/mol. The van der Waals surface area contributed by atoms with Crippen molar-refractivity contribution >= 4 is 0 Å². The van der Waals surface area contributed by atoms with Crippen LogP contribution in [0.2, 0.25) is 0 Å². The van der Waals surface area contributed by atoms with E-state index in [1.165, 1.54) is 17.5 Å². The van der Waals surface area contributed by atoms with Crippen molar-refractivity contribution in [2.24, 2.45) is 11.7 Å². The van der Waals surface area contributed by atoms with E-state index in [0.717, 1.165) is 19.6 Å². The van der Waals surface area contributed by atoms with E-state index in [4.69, 9.17) is 10.5 Å². The average Bonchev–Trinajstić information content (AvgIpc) is 2.30. The molecule has 2 heteroatoms. The molecule has 1 aromatic carbocycles. The molecule has 1 saturated heterocycles. The first-order chi connectivity index (χ1) is 7.31. The maximum atomic E-state index is 5.83. The van der Waals surface area contributed by atoms with Gasteiger partial charge < -0.3 is 10.5 Å². The Morgan fingerprint density at radius 3 is 2.73 bits per heavy atom. The second-order valence-electron chi connectivity index (χ2n) is 4.34. The summed E-state index contributed by atoms with van der Waals surface area (Å²) >= 11 is 0. The lowest BCUT2D eigenvalue weighted by molar-refractivity contribution is -0.0251. The van der Waals surface area contributed by atoms with Crippen molar-refractivity contribution in [1.82, 2.24) is 0 Å². The Morgan fingerprint density at radius 1 is 1.33 bits per heavy atom. The normalized spacial score (nSPS) is 26.5. The molecule has 0 unspecified atom stereocenters. The van der Waals surface area contributed by atoms with E-state index >= 15 is 0 Å². The minimum absolute atomic E-state index is 0.212. The maximum absolute atomic E-state index is 5.83. The largest absolute Gasteiger partial charge is 0.373 e. The molecule has 0 aromatic heterocycles. The van der Waals surface area contributed by atoms with Crippen molar-refractivity contribution in [2.75, 3.05) is 13.2 Å². The third kappa shape index (κ3) is 2.39. The molecule has 1 aliphatic rings. The van der Waals surface area contributed by atoms with Gasteiger partial charge in [0, 0.05) is 12.5 Å². The fourth-order valence-corrected chi connectivity index (χ4v) is 2.21. The molecule has 2 rings (SSSR count). The molecule has 0 radical (unpaired) electrons. The van der Waals surface area contributed by atoms with E-state index in [2.05, 4.69) is 31.2 Å². The van der Waals surface area contributed by atoms with Gasteiger partial charge in [0.25, 0.3) is 0 Å². The number of aryl methyl sites for hydroxylation is 1. The van der Waals surface area contributed by atoms with Crippen LogP contribution < -0.4 is 5.73 Å². The highest BCUT2D eigenvalue weighted by molar-refractivity contribution is 5.24. The minimum atomic E-state index is 0.212. The Labute approximate surface area is 91.4 Å². The van der Waals surface area contributed by atoms with Crippen LogP contribution in [-0.4, -0.2) is 13.2 Å². The summed E-state index contributed by atoms with van der Waals surface area (Å²) in [4.78, 5) is 0. The van der Waals surface area contributed by atoms with Gasteiger partial charge in [0.1, 0.15) is 0 Å². The minimum Gasteiger partial charge on any atom is -0.373 e. The van der Waals surface area contributed by atoms with E-state index in [1.54, 1.807) is 0 Å². The zero-order valence-corrected chi connectivity index (χ0v) is 9.28. The fourth-order valence-electron chi connectivity index (χ4n) is 2.21. The number of hydrogen-bond donors (Lipinski definition) is 1. The van der Waals surface area contributed by atoms with Gasteiger partial charge in [-0.2, -0.15) is 0 Å². The monoisotopic (exact) mass is 205 g/mol. The van der Waals surface area contributed by atoms with E-state index in [9.17, 15) is 0 Å². The van der Waals surface area contributed by atoms with Crippen LogP contribution in [0.25, 0.3) is 0 Å². The van der Waals surface area contributed by atoms with Crippen LogP contribution in [0, 0.1) is 12.8 Å². The summed E-state index contributed by atoms with van der Waals surface area (Å²) in [5.41, 5.74) is 8.35. The van der Waals surface area contributed by atoms with E-state index in [1.807, 2.05) is 0 Å². The van der Waals surface area contributed by atoms with Gasteiger partial charge in [-0.3, -0.25) is 0 Å². The van der Waals surface area contributed by atoms with Crippen LogP contribution in [-0.2, 0) is 4.74 Å². The molecule has 2 nitrogen and oxygen atoms in total. The molecule has 2 atom stereocenters. The summed E-state index contributed by atoms with van der Waals surface area (Å²) < 4.78 is 5.83. The van der Waals surface area contributed by atoms with E-state index in [-0.39, 0.29) is 6.10 Å². The molecule has 1 aromatic rings. The lowest BCUT2D eigenvalue weighted by Crippen LogP contribution is -2.28. The molecule has 0 bridgehead atoms. The molecule has 0 saturated carbocycles. The smallest absolute Gasteiger partial charge is 0.0865 e. The molecular weight excluding hydrogens is 186 g/mol. The number of hydrogen-bond acceptors (Lipinski definition) is 2. The molecule has 0 amide bonds. The van der Waals surface area contributed by atoms with Gasteiger partial charge in [-0.05, 0) is 31.9 Å². The first kappa shape index (κ1) is 10.7. The maximum Gasteiger partial charge on any atom is 0.0865 e. The standard InChI is InChI=1S/C13H19NO/c1-10-4-6-11(7-5-10)13-12(9-14)3-2-8-15-13/h4-7,12-13H,2-3,8-9,14H2,1H3/t12-,13-/m0/s1. The number of benzene rings is 1. The van der Waals surface area contributed by atoms with E-state index in [0.29, 0.717) is 5.92 Å². The second-order valence-corrected chi connectivity index (χ2v) is 4.34. The van der Waals surface area contributed by atoms with Gasteiger partial charge in [-0.15, -0.1) is 0 Å². The van der Waals surface area contributed by atoms with Gasteiger partial charge in [0.2, 0.25) is 0 Å². The summed E-state index contributed by atoms with van der Waals surface area (Å²) in [6, 6.07) is 8.60. The Kier molecular flexibility index (Phi) is 3.39. The van der Waals surface area contributed by atoms with Crippen LogP contribution in [0.1, 0.15) is 30.1 Å². The third-order valence-electron chi connectivity index (χ3n) is 3.15. The summed E-state index contributed by atoms with van der Waals surface area (Å²) in [6.07, 6.45) is 2.54. The van der Waals surface area contributed by atoms with E-state index < -0.39 is 0 Å².